The van der Waals surface area contributed by atoms with Gasteiger partial charge in [0, 0.05) is 4.88 Å². The first-order valence-corrected chi connectivity index (χ1v) is 9.10. The molecular weight excluding hydrogens is 326 g/mol. The Hall–Kier alpha value is -2.08. The normalized spacial score (nSPS) is 13.9. The van der Waals surface area contributed by atoms with E-state index in [1.807, 2.05) is 0 Å². The van der Waals surface area contributed by atoms with Gasteiger partial charge in [-0.2, -0.15) is 0 Å². The van der Waals surface area contributed by atoms with Crippen LogP contribution in [-0.4, -0.2) is 18.5 Å². The second-order valence-corrected chi connectivity index (χ2v) is 6.94. The molecule has 0 aromatic carbocycles. The van der Waals surface area contributed by atoms with Gasteiger partial charge in [-0.1, -0.05) is 6.42 Å². The van der Waals surface area contributed by atoms with Crippen molar-refractivity contribution in [2.45, 2.75) is 46.0 Å². The maximum atomic E-state index is 12.5. The van der Waals surface area contributed by atoms with Gasteiger partial charge in [-0.25, -0.2) is 4.79 Å². The molecule has 0 saturated carbocycles. The fourth-order valence-electron chi connectivity index (χ4n) is 3.04. The predicted octanol–water partition coefficient (Wildman–Crippen LogP) is 4.35. The average Bonchev–Trinajstić information content (AvgIpc) is 3.04. The standard InChI is InChI=1S/C18H21NO4S/c1-3-22-18(21)15-13-7-5-4-6-8-14(13)24-17(15)19-16(20)12-9-10-23-11(12)2/h9-10H,3-8H2,1-2H3,(H,19,20). The third-order valence-electron chi connectivity index (χ3n) is 4.23. The molecule has 6 heteroatoms. The first-order chi connectivity index (χ1) is 11.6. The van der Waals surface area contributed by atoms with Gasteiger partial charge >= 0.3 is 5.97 Å². The van der Waals surface area contributed by atoms with Crippen LogP contribution in [0.1, 0.15) is 63.1 Å². The van der Waals surface area contributed by atoms with Crippen LogP contribution in [0.25, 0.3) is 0 Å². The van der Waals surface area contributed by atoms with Crippen LogP contribution >= 0.6 is 11.3 Å². The molecule has 0 bridgehead atoms. The minimum atomic E-state index is -0.351. The number of hydrogen-bond donors (Lipinski definition) is 1. The molecule has 5 nitrogen and oxygen atoms in total. The highest BCUT2D eigenvalue weighted by atomic mass is 32.1. The number of amides is 1. The summed E-state index contributed by atoms with van der Waals surface area (Å²) in [7, 11) is 0. The van der Waals surface area contributed by atoms with E-state index in [0.29, 0.717) is 28.5 Å². The van der Waals surface area contributed by atoms with E-state index in [4.69, 9.17) is 9.15 Å². The molecule has 1 N–H and O–H groups in total. The van der Waals surface area contributed by atoms with E-state index in [9.17, 15) is 9.59 Å². The number of hydrogen-bond acceptors (Lipinski definition) is 5. The Bertz CT molecular complexity index is 759. The molecule has 0 spiro atoms. The van der Waals surface area contributed by atoms with Crippen LogP contribution in [0.15, 0.2) is 16.7 Å². The summed E-state index contributed by atoms with van der Waals surface area (Å²) in [6.07, 6.45) is 6.64. The number of aryl methyl sites for hydroxylation is 2. The predicted molar refractivity (Wildman–Crippen MR) is 92.9 cm³/mol. The second kappa shape index (κ2) is 7.21. The van der Waals surface area contributed by atoms with E-state index in [1.54, 1.807) is 19.9 Å². The molecule has 1 aliphatic rings. The van der Waals surface area contributed by atoms with E-state index in [2.05, 4.69) is 5.32 Å². The largest absolute Gasteiger partial charge is 0.469 e. The molecule has 128 valence electrons. The molecule has 1 amide bonds. The van der Waals surface area contributed by atoms with Crippen LogP contribution in [0, 0.1) is 6.92 Å². The fraction of sp³-hybridized carbons (Fsp3) is 0.444. The SMILES string of the molecule is CCOC(=O)c1c(NC(=O)c2ccoc2C)sc2c1CCCCC2. The molecule has 0 unspecified atom stereocenters. The zero-order valence-electron chi connectivity index (χ0n) is 13.9. The Labute approximate surface area is 145 Å². The van der Waals surface area contributed by atoms with Crippen molar-refractivity contribution < 1.29 is 18.7 Å². The summed E-state index contributed by atoms with van der Waals surface area (Å²) >= 11 is 1.50. The van der Waals surface area contributed by atoms with Crippen LogP contribution in [0.4, 0.5) is 5.00 Å². The summed E-state index contributed by atoms with van der Waals surface area (Å²) < 4.78 is 10.4. The summed E-state index contributed by atoms with van der Waals surface area (Å²) in [6.45, 7) is 3.85. The summed E-state index contributed by atoms with van der Waals surface area (Å²) in [5, 5.41) is 3.48. The van der Waals surface area contributed by atoms with Crippen molar-refractivity contribution in [2.24, 2.45) is 0 Å². The lowest BCUT2D eigenvalue weighted by molar-refractivity contribution is 0.0527. The van der Waals surface area contributed by atoms with Crippen molar-refractivity contribution in [1.82, 2.24) is 0 Å². The third kappa shape index (κ3) is 3.24. The molecule has 3 rings (SSSR count). The number of carbonyl (C=O) groups is 2. The smallest absolute Gasteiger partial charge is 0.341 e. The molecule has 0 atom stereocenters. The third-order valence-corrected chi connectivity index (χ3v) is 5.44. The number of rotatable bonds is 4. The molecule has 2 aromatic heterocycles. The maximum absolute atomic E-state index is 12.5. The Morgan fingerprint density at radius 2 is 2.08 bits per heavy atom. The summed E-state index contributed by atoms with van der Waals surface area (Å²) in [6, 6.07) is 1.63. The van der Waals surface area contributed by atoms with Crippen molar-refractivity contribution in [3.8, 4) is 0 Å². The van der Waals surface area contributed by atoms with Crippen molar-refractivity contribution in [3.05, 3.63) is 39.7 Å². The Balaban J connectivity index is 1.96. The number of ether oxygens (including phenoxy) is 1. The average molecular weight is 347 g/mol. The van der Waals surface area contributed by atoms with Crippen LogP contribution in [0.5, 0.6) is 0 Å². The molecular formula is C18H21NO4S. The highest BCUT2D eigenvalue weighted by molar-refractivity contribution is 7.17. The van der Waals surface area contributed by atoms with Gasteiger partial charge < -0.3 is 14.5 Å². The monoisotopic (exact) mass is 347 g/mol. The Morgan fingerprint density at radius 1 is 1.29 bits per heavy atom. The molecule has 2 heterocycles. The number of furan rings is 1. The number of thiophene rings is 1. The minimum absolute atomic E-state index is 0.261. The van der Waals surface area contributed by atoms with Gasteiger partial charge in [0.15, 0.2) is 0 Å². The first kappa shape index (κ1) is 16.8. The lowest BCUT2D eigenvalue weighted by Gasteiger charge is -2.08. The van der Waals surface area contributed by atoms with E-state index >= 15 is 0 Å². The maximum Gasteiger partial charge on any atom is 0.341 e. The fourth-order valence-corrected chi connectivity index (χ4v) is 4.31. The Kier molecular flexibility index (Phi) is 5.04. The van der Waals surface area contributed by atoms with E-state index in [-0.39, 0.29) is 11.9 Å². The number of anilines is 1. The Morgan fingerprint density at radius 3 is 2.79 bits per heavy atom. The molecule has 0 saturated heterocycles. The van der Waals surface area contributed by atoms with Crippen molar-refractivity contribution in [1.29, 1.82) is 0 Å². The molecule has 24 heavy (non-hydrogen) atoms. The molecule has 1 aliphatic carbocycles. The summed E-state index contributed by atoms with van der Waals surface area (Å²) in [5.41, 5.74) is 2.07. The minimum Gasteiger partial charge on any atom is -0.469 e. The van der Waals surface area contributed by atoms with Gasteiger partial charge in [0.05, 0.1) is 24.0 Å². The summed E-state index contributed by atoms with van der Waals surface area (Å²) in [5.74, 6) is -0.0531. The van der Waals surface area contributed by atoms with E-state index in [1.165, 1.54) is 28.9 Å². The first-order valence-electron chi connectivity index (χ1n) is 8.29. The topological polar surface area (TPSA) is 68.5 Å². The van der Waals surface area contributed by atoms with Crippen molar-refractivity contribution in [2.75, 3.05) is 11.9 Å². The van der Waals surface area contributed by atoms with Gasteiger partial charge in [-0.3, -0.25) is 4.79 Å². The molecule has 0 aliphatic heterocycles. The summed E-state index contributed by atoms with van der Waals surface area (Å²) in [4.78, 5) is 26.1. The van der Waals surface area contributed by atoms with E-state index < -0.39 is 0 Å². The lowest BCUT2D eigenvalue weighted by atomic mass is 10.1. The molecule has 0 radical (unpaired) electrons. The lowest BCUT2D eigenvalue weighted by Crippen LogP contribution is -2.15. The van der Waals surface area contributed by atoms with Crippen molar-refractivity contribution >= 4 is 28.2 Å². The van der Waals surface area contributed by atoms with Crippen LogP contribution in [0.2, 0.25) is 0 Å². The van der Waals surface area contributed by atoms with Crippen LogP contribution in [-0.2, 0) is 17.6 Å². The van der Waals surface area contributed by atoms with Gasteiger partial charge in [0.2, 0.25) is 0 Å². The quantitative estimate of drug-likeness (QED) is 0.659. The second-order valence-electron chi connectivity index (χ2n) is 5.83. The zero-order chi connectivity index (χ0) is 17.1. The highest BCUT2D eigenvalue weighted by Crippen LogP contribution is 2.38. The number of nitrogens with one attached hydrogen (secondary N) is 1. The van der Waals surface area contributed by atoms with Crippen LogP contribution in [0.3, 0.4) is 0 Å². The molecule has 0 fully saturated rings. The number of fused-ring (bicyclic) bond motifs is 1. The van der Waals surface area contributed by atoms with Gasteiger partial charge in [-0.05, 0) is 51.2 Å². The van der Waals surface area contributed by atoms with Gasteiger partial charge in [-0.15, -0.1) is 11.3 Å². The van der Waals surface area contributed by atoms with E-state index in [0.717, 1.165) is 31.2 Å². The van der Waals surface area contributed by atoms with Crippen molar-refractivity contribution in [3.63, 3.8) is 0 Å². The number of carbonyl (C=O) groups excluding carboxylic acids is 2. The van der Waals surface area contributed by atoms with Gasteiger partial charge in [0.1, 0.15) is 10.8 Å². The highest BCUT2D eigenvalue weighted by Gasteiger charge is 2.27. The molecule has 2 aromatic rings. The van der Waals surface area contributed by atoms with Crippen LogP contribution < -0.4 is 5.32 Å². The van der Waals surface area contributed by atoms with Gasteiger partial charge in [0.25, 0.3) is 5.91 Å². The number of esters is 1. The zero-order valence-corrected chi connectivity index (χ0v) is 14.8.